The van der Waals surface area contributed by atoms with Gasteiger partial charge in [-0.3, -0.25) is 4.79 Å². The SMILES string of the molecule is O=C(N1CCN(S(=O)(=O)c2ccc(Cl)s2)CC1)C1(c2ccccc2)CC1. The smallest absolute Gasteiger partial charge is 0.252 e. The summed E-state index contributed by atoms with van der Waals surface area (Å²) in [6.07, 6.45) is 1.73. The van der Waals surface area contributed by atoms with E-state index in [1.807, 2.05) is 35.2 Å². The first-order valence-corrected chi connectivity index (χ1v) is 11.2. The molecule has 1 saturated heterocycles. The average molecular weight is 411 g/mol. The van der Waals surface area contributed by atoms with Gasteiger partial charge >= 0.3 is 0 Å². The van der Waals surface area contributed by atoms with E-state index < -0.39 is 15.4 Å². The van der Waals surface area contributed by atoms with E-state index in [0.717, 1.165) is 29.7 Å². The number of carbonyl (C=O) groups is 1. The quantitative estimate of drug-likeness (QED) is 0.778. The summed E-state index contributed by atoms with van der Waals surface area (Å²) in [4.78, 5) is 14.9. The van der Waals surface area contributed by atoms with Gasteiger partial charge in [0.05, 0.1) is 9.75 Å². The van der Waals surface area contributed by atoms with Gasteiger partial charge in [-0.05, 0) is 30.5 Å². The number of benzene rings is 1. The molecule has 1 amide bonds. The van der Waals surface area contributed by atoms with E-state index in [0.29, 0.717) is 30.5 Å². The van der Waals surface area contributed by atoms with E-state index in [-0.39, 0.29) is 10.1 Å². The largest absolute Gasteiger partial charge is 0.339 e. The zero-order valence-electron chi connectivity index (χ0n) is 14.1. The van der Waals surface area contributed by atoms with Crippen molar-refractivity contribution < 1.29 is 13.2 Å². The monoisotopic (exact) mass is 410 g/mol. The third-order valence-corrected chi connectivity index (χ3v) is 8.75. The Kier molecular flexibility index (Phi) is 4.59. The lowest BCUT2D eigenvalue weighted by molar-refractivity contribution is -0.135. The molecule has 8 heteroatoms. The summed E-state index contributed by atoms with van der Waals surface area (Å²) in [5, 5.41) is 0. The van der Waals surface area contributed by atoms with Gasteiger partial charge in [0.25, 0.3) is 10.0 Å². The summed E-state index contributed by atoms with van der Waals surface area (Å²) in [6, 6.07) is 13.0. The Morgan fingerprint density at radius 2 is 1.65 bits per heavy atom. The number of hydrogen-bond donors (Lipinski definition) is 0. The van der Waals surface area contributed by atoms with Crippen LogP contribution >= 0.6 is 22.9 Å². The second kappa shape index (κ2) is 6.64. The molecule has 2 fully saturated rings. The fourth-order valence-electron chi connectivity index (χ4n) is 3.51. The molecule has 138 valence electrons. The highest BCUT2D eigenvalue weighted by molar-refractivity contribution is 7.91. The molecule has 2 aliphatic rings. The predicted octanol–water partition coefficient (Wildman–Crippen LogP) is 2.97. The Hall–Kier alpha value is -1.41. The van der Waals surface area contributed by atoms with Crippen LogP contribution in [0.1, 0.15) is 18.4 Å². The van der Waals surface area contributed by atoms with E-state index in [4.69, 9.17) is 11.6 Å². The molecule has 0 N–H and O–H groups in total. The summed E-state index contributed by atoms with van der Waals surface area (Å²) in [5.74, 6) is 0.125. The third kappa shape index (κ3) is 3.07. The highest BCUT2D eigenvalue weighted by atomic mass is 35.5. The number of piperazine rings is 1. The fraction of sp³-hybridized carbons (Fsp3) is 0.389. The molecule has 1 aliphatic carbocycles. The molecular weight excluding hydrogens is 392 g/mol. The molecule has 1 aliphatic heterocycles. The lowest BCUT2D eigenvalue weighted by Crippen LogP contribution is -2.52. The normalized spacial score (nSPS) is 20.1. The number of amides is 1. The van der Waals surface area contributed by atoms with Crippen LogP contribution in [0.15, 0.2) is 46.7 Å². The second-order valence-corrected chi connectivity index (χ2v) is 10.6. The summed E-state index contributed by atoms with van der Waals surface area (Å²) >= 11 is 6.93. The molecule has 26 heavy (non-hydrogen) atoms. The van der Waals surface area contributed by atoms with Gasteiger partial charge in [0.15, 0.2) is 0 Å². The standard InChI is InChI=1S/C18H19ClN2O3S2/c19-15-6-7-16(25-15)26(23,24)21-12-10-20(11-13-21)17(22)18(8-9-18)14-4-2-1-3-5-14/h1-7H,8-13H2. The van der Waals surface area contributed by atoms with Crippen molar-refractivity contribution in [2.24, 2.45) is 0 Å². The summed E-state index contributed by atoms with van der Waals surface area (Å²) < 4.78 is 27.5. The number of nitrogens with zero attached hydrogens (tertiary/aromatic N) is 2. The first-order chi connectivity index (χ1) is 12.4. The van der Waals surface area contributed by atoms with Crippen molar-refractivity contribution in [2.45, 2.75) is 22.5 Å². The highest BCUT2D eigenvalue weighted by Crippen LogP contribution is 2.49. The van der Waals surface area contributed by atoms with Crippen molar-refractivity contribution in [3.05, 3.63) is 52.4 Å². The Morgan fingerprint density at radius 3 is 2.19 bits per heavy atom. The van der Waals surface area contributed by atoms with Crippen LogP contribution in [0.5, 0.6) is 0 Å². The van der Waals surface area contributed by atoms with Gasteiger partial charge in [0.2, 0.25) is 5.91 Å². The Labute approximate surface area is 162 Å². The van der Waals surface area contributed by atoms with Crippen LogP contribution in [0.4, 0.5) is 0 Å². The lowest BCUT2D eigenvalue weighted by Gasteiger charge is -2.35. The van der Waals surface area contributed by atoms with Crippen molar-refractivity contribution in [2.75, 3.05) is 26.2 Å². The van der Waals surface area contributed by atoms with Gasteiger partial charge in [-0.1, -0.05) is 41.9 Å². The van der Waals surface area contributed by atoms with Crippen molar-refractivity contribution in [3.63, 3.8) is 0 Å². The Balaban J connectivity index is 1.45. The molecule has 0 radical (unpaired) electrons. The van der Waals surface area contributed by atoms with Gasteiger partial charge < -0.3 is 4.90 Å². The maximum absolute atomic E-state index is 13.1. The molecule has 5 nitrogen and oxygen atoms in total. The molecule has 4 rings (SSSR count). The molecule has 0 atom stereocenters. The van der Waals surface area contributed by atoms with Gasteiger partial charge in [-0.15, -0.1) is 11.3 Å². The van der Waals surface area contributed by atoms with Crippen LogP contribution in [-0.2, 0) is 20.2 Å². The van der Waals surface area contributed by atoms with Crippen LogP contribution in [0.2, 0.25) is 4.34 Å². The zero-order chi connectivity index (χ0) is 18.4. The predicted molar refractivity (Wildman–Crippen MR) is 102 cm³/mol. The minimum atomic E-state index is -3.53. The maximum Gasteiger partial charge on any atom is 0.252 e. The third-order valence-electron chi connectivity index (χ3n) is 5.15. The molecule has 1 aromatic heterocycles. The Bertz CT molecular complexity index is 915. The number of carbonyl (C=O) groups excluding carboxylic acids is 1. The molecule has 0 bridgehead atoms. The summed E-state index contributed by atoms with van der Waals surface area (Å²) in [6.45, 7) is 1.47. The average Bonchev–Trinajstić information content (AvgIpc) is 3.36. The van der Waals surface area contributed by atoms with Gasteiger partial charge in [0, 0.05) is 26.2 Å². The summed E-state index contributed by atoms with van der Waals surface area (Å²) in [7, 11) is -3.53. The van der Waals surface area contributed by atoms with E-state index in [2.05, 4.69) is 0 Å². The van der Waals surface area contributed by atoms with Crippen molar-refractivity contribution >= 4 is 38.9 Å². The minimum Gasteiger partial charge on any atom is -0.339 e. The fourth-order valence-corrected chi connectivity index (χ4v) is 6.57. The molecule has 2 heterocycles. The number of halogens is 1. The molecule has 0 spiro atoms. The number of sulfonamides is 1. The summed E-state index contributed by atoms with van der Waals surface area (Å²) in [5.41, 5.74) is 0.664. The van der Waals surface area contributed by atoms with Crippen molar-refractivity contribution in [3.8, 4) is 0 Å². The first kappa shape index (κ1) is 18.0. The Morgan fingerprint density at radius 1 is 1.00 bits per heavy atom. The van der Waals surface area contributed by atoms with Crippen LogP contribution in [0.3, 0.4) is 0 Å². The van der Waals surface area contributed by atoms with Crippen LogP contribution in [0, 0.1) is 0 Å². The van der Waals surface area contributed by atoms with Crippen LogP contribution in [-0.4, -0.2) is 49.7 Å². The van der Waals surface area contributed by atoms with E-state index in [9.17, 15) is 13.2 Å². The van der Waals surface area contributed by atoms with Crippen molar-refractivity contribution in [1.82, 2.24) is 9.21 Å². The lowest BCUT2D eigenvalue weighted by atomic mass is 9.94. The molecule has 1 aromatic carbocycles. The molecule has 0 unspecified atom stereocenters. The van der Waals surface area contributed by atoms with E-state index >= 15 is 0 Å². The van der Waals surface area contributed by atoms with Gasteiger partial charge in [-0.25, -0.2) is 8.42 Å². The highest BCUT2D eigenvalue weighted by Gasteiger charge is 2.53. The first-order valence-electron chi connectivity index (χ1n) is 8.54. The van der Waals surface area contributed by atoms with Crippen LogP contribution in [0.25, 0.3) is 0 Å². The van der Waals surface area contributed by atoms with Gasteiger partial charge in [0.1, 0.15) is 4.21 Å². The number of thiophene rings is 1. The van der Waals surface area contributed by atoms with Crippen molar-refractivity contribution in [1.29, 1.82) is 0 Å². The second-order valence-electron chi connectivity index (χ2n) is 6.70. The number of rotatable bonds is 4. The topological polar surface area (TPSA) is 57.7 Å². The van der Waals surface area contributed by atoms with E-state index in [1.165, 1.54) is 10.4 Å². The van der Waals surface area contributed by atoms with E-state index in [1.54, 1.807) is 6.07 Å². The maximum atomic E-state index is 13.1. The minimum absolute atomic E-state index is 0.125. The number of hydrogen-bond acceptors (Lipinski definition) is 4. The molecule has 1 saturated carbocycles. The van der Waals surface area contributed by atoms with Gasteiger partial charge in [-0.2, -0.15) is 4.31 Å². The van der Waals surface area contributed by atoms with Crippen LogP contribution < -0.4 is 0 Å². The molecule has 2 aromatic rings. The molecular formula is C18H19ClN2O3S2. The zero-order valence-corrected chi connectivity index (χ0v) is 16.5.